The van der Waals surface area contributed by atoms with Gasteiger partial charge in [-0.1, -0.05) is 54.6 Å². The van der Waals surface area contributed by atoms with Crippen LogP contribution in [0.5, 0.6) is 0 Å². The number of benzene rings is 1. The summed E-state index contributed by atoms with van der Waals surface area (Å²) in [4.78, 5) is 12.2. The first-order valence-corrected chi connectivity index (χ1v) is 9.23. The van der Waals surface area contributed by atoms with Crippen LogP contribution in [0.3, 0.4) is 0 Å². The molecule has 0 spiro atoms. The van der Waals surface area contributed by atoms with Crippen LogP contribution in [0.2, 0.25) is 0 Å². The first-order valence-electron chi connectivity index (χ1n) is 8.24. The van der Waals surface area contributed by atoms with Crippen LogP contribution in [-0.4, -0.2) is 26.8 Å². The van der Waals surface area contributed by atoms with Gasteiger partial charge in [-0.3, -0.25) is 9.98 Å². The molecule has 3 nitrogen and oxygen atoms in total. The predicted molar refractivity (Wildman–Crippen MR) is 96.7 cm³/mol. The highest BCUT2D eigenvalue weighted by Gasteiger charge is 2.45. The summed E-state index contributed by atoms with van der Waals surface area (Å²) in [6.07, 6.45) is 3.03. The summed E-state index contributed by atoms with van der Waals surface area (Å²) in [5.41, 5.74) is 3.72. The van der Waals surface area contributed by atoms with Crippen LogP contribution >= 0.6 is 11.8 Å². The van der Waals surface area contributed by atoms with E-state index in [1.165, 1.54) is 16.3 Å². The molecule has 3 heterocycles. The van der Waals surface area contributed by atoms with Crippen LogP contribution in [0.25, 0.3) is 0 Å². The lowest BCUT2D eigenvalue weighted by molar-refractivity contribution is 0.255. The molecule has 0 amide bonds. The molecule has 0 bridgehead atoms. The van der Waals surface area contributed by atoms with Gasteiger partial charge in [-0.05, 0) is 31.0 Å². The van der Waals surface area contributed by atoms with Crippen molar-refractivity contribution >= 4 is 16.9 Å². The van der Waals surface area contributed by atoms with Gasteiger partial charge in [0.25, 0.3) is 0 Å². The van der Waals surface area contributed by atoms with Crippen molar-refractivity contribution in [3.63, 3.8) is 0 Å². The Balaban J connectivity index is 1.80. The van der Waals surface area contributed by atoms with Gasteiger partial charge in [-0.15, -0.1) is 0 Å². The molecule has 118 valence electrons. The molecule has 4 rings (SSSR count). The van der Waals surface area contributed by atoms with Crippen molar-refractivity contribution in [2.75, 3.05) is 5.75 Å². The highest BCUT2D eigenvalue weighted by molar-refractivity contribution is 8.14. The van der Waals surface area contributed by atoms with Crippen LogP contribution in [-0.2, 0) is 0 Å². The molecule has 23 heavy (non-hydrogen) atoms. The van der Waals surface area contributed by atoms with E-state index in [2.05, 4.69) is 60.1 Å². The van der Waals surface area contributed by atoms with Crippen molar-refractivity contribution in [3.8, 4) is 0 Å². The van der Waals surface area contributed by atoms with E-state index in [-0.39, 0.29) is 12.1 Å². The molecule has 1 aromatic carbocycles. The SMILES string of the molecule is CC[C@H]1CSC2=N[C@H](c3ccccn3)[C@@H](c3cccc(C)c3)N21. The molecule has 1 fully saturated rings. The lowest BCUT2D eigenvalue weighted by atomic mass is 9.94. The molecule has 2 aliphatic heterocycles. The van der Waals surface area contributed by atoms with E-state index in [0.717, 1.165) is 17.9 Å². The number of fused-ring (bicyclic) bond motifs is 1. The molecule has 2 aromatic rings. The van der Waals surface area contributed by atoms with Crippen molar-refractivity contribution in [1.29, 1.82) is 0 Å². The number of hydrogen-bond donors (Lipinski definition) is 0. The van der Waals surface area contributed by atoms with Gasteiger partial charge in [0.1, 0.15) is 6.04 Å². The van der Waals surface area contributed by atoms with Crippen LogP contribution in [0.1, 0.15) is 42.2 Å². The van der Waals surface area contributed by atoms with E-state index in [4.69, 9.17) is 4.99 Å². The highest BCUT2D eigenvalue weighted by atomic mass is 32.2. The second kappa shape index (κ2) is 6.00. The van der Waals surface area contributed by atoms with Crippen molar-refractivity contribution in [2.24, 2.45) is 4.99 Å². The monoisotopic (exact) mass is 323 g/mol. The average Bonchev–Trinajstić information content (AvgIpc) is 3.14. The van der Waals surface area contributed by atoms with Gasteiger partial charge in [0.05, 0.1) is 11.7 Å². The second-order valence-corrected chi connectivity index (χ2v) is 7.24. The molecular formula is C19H21N3S. The summed E-state index contributed by atoms with van der Waals surface area (Å²) in [5.74, 6) is 1.15. The average molecular weight is 323 g/mol. The Morgan fingerprint density at radius 2 is 2.13 bits per heavy atom. The Labute approximate surface area is 141 Å². The maximum Gasteiger partial charge on any atom is 0.160 e. The fraction of sp³-hybridized carbons (Fsp3) is 0.368. The number of amidine groups is 1. The van der Waals surface area contributed by atoms with Crippen LogP contribution < -0.4 is 0 Å². The van der Waals surface area contributed by atoms with Gasteiger partial charge in [0.2, 0.25) is 0 Å². The Hall–Kier alpha value is -1.81. The Morgan fingerprint density at radius 3 is 2.87 bits per heavy atom. The lowest BCUT2D eigenvalue weighted by Gasteiger charge is -2.32. The number of rotatable bonds is 3. The molecule has 0 unspecified atom stereocenters. The number of thioether (sulfide) groups is 1. The predicted octanol–water partition coefficient (Wildman–Crippen LogP) is 4.37. The van der Waals surface area contributed by atoms with E-state index in [0.29, 0.717) is 6.04 Å². The van der Waals surface area contributed by atoms with Gasteiger partial charge >= 0.3 is 0 Å². The van der Waals surface area contributed by atoms with E-state index < -0.39 is 0 Å². The molecular weight excluding hydrogens is 302 g/mol. The summed E-state index contributed by atoms with van der Waals surface area (Å²) < 4.78 is 0. The first kappa shape index (κ1) is 14.8. The van der Waals surface area contributed by atoms with Crippen molar-refractivity contribution in [2.45, 2.75) is 38.4 Å². The Morgan fingerprint density at radius 1 is 1.22 bits per heavy atom. The summed E-state index contributed by atoms with van der Waals surface area (Å²) >= 11 is 1.89. The van der Waals surface area contributed by atoms with Gasteiger partial charge in [0.15, 0.2) is 5.17 Å². The molecule has 0 N–H and O–H groups in total. The third-order valence-corrected chi connectivity index (χ3v) is 5.84. The van der Waals surface area contributed by atoms with Crippen molar-refractivity contribution < 1.29 is 0 Å². The van der Waals surface area contributed by atoms with Crippen LogP contribution in [0.15, 0.2) is 53.7 Å². The molecule has 3 atom stereocenters. The Bertz CT molecular complexity index is 728. The smallest absolute Gasteiger partial charge is 0.160 e. The summed E-state index contributed by atoms with van der Waals surface area (Å²) in [6.45, 7) is 4.43. The third kappa shape index (κ3) is 2.55. The maximum absolute atomic E-state index is 5.05. The molecule has 0 saturated carbocycles. The number of pyridine rings is 1. The summed E-state index contributed by atoms with van der Waals surface area (Å²) in [6, 6.07) is 15.9. The van der Waals surface area contributed by atoms with Gasteiger partial charge in [-0.2, -0.15) is 0 Å². The minimum atomic E-state index is 0.0925. The number of aryl methyl sites for hydroxylation is 1. The zero-order valence-corrected chi connectivity index (χ0v) is 14.3. The van der Waals surface area contributed by atoms with Crippen LogP contribution in [0.4, 0.5) is 0 Å². The second-order valence-electron chi connectivity index (χ2n) is 6.25. The third-order valence-electron chi connectivity index (χ3n) is 4.71. The maximum atomic E-state index is 5.05. The van der Waals surface area contributed by atoms with Gasteiger partial charge < -0.3 is 4.90 Å². The van der Waals surface area contributed by atoms with E-state index in [1.54, 1.807) is 0 Å². The molecule has 1 aromatic heterocycles. The standard InChI is InChI=1S/C19H21N3S/c1-3-15-12-23-19-21-17(16-9-4-5-10-20-16)18(22(15)19)14-8-6-7-13(2)11-14/h4-11,15,17-18H,3,12H2,1-2H3/t15-,17+,18+/m0/s1. The van der Waals surface area contributed by atoms with Gasteiger partial charge in [0, 0.05) is 18.0 Å². The van der Waals surface area contributed by atoms with Crippen LogP contribution in [0, 0.1) is 6.92 Å². The lowest BCUT2D eigenvalue weighted by Crippen LogP contribution is -2.35. The summed E-state index contributed by atoms with van der Waals surface area (Å²) in [7, 11) is 0. The molecule has 4 heteroatoms. The molecule has 1 saturated heterocycles. The molecule has 0 radical (unpaired) electrons. The topological polar surface area (TPSA) is 28.5 Å². The summed E-state index contributed by atoms with van der Waals surface area (Å²) in [5, 5.41) is 1.19. The normalized spacial score (nSPS) is 26.3. The van der Waals surface area contributed by atoms with Crippen molar-refractivity contribution in [1.82, 2.24) is 9.88 Å². The molecule has 0 aliphatic carbocycles. The quantitative estimate of drug-likeness (QED) is 0.840. The zero-order valence-electron chi connectivity index (χ0n) is 13.5. The number of aliphatic imine (C=N–C) groups is 1. The zero-order chi connectivity index (χ0) is 15.8. The van der Waals surface area contributed by atoms with E-state index in [1.807, 2.05) is 24.0 Å². The Kier molecular flexibility index (Phi) is 3.85. The minimum Gasteiger partial charge on any atom is -0.338 e. The number of aromatic nitrogens is 1. The number of nitrogens with zero attached hydrogens (tertiary/aromatic N) is 3. The number of hydrogen-bond acceptors (Lipinski definition) is 4. The molecule has 2 aliphatic rings. The van der Waals surface area contributed by atoms with E-state index in [9.17, 15) is 0 Å². The van der Waals surface area contributed by atoms with E-state index >= 15 is 0 Å². The largest absolute Gasteiger partial charge is 0.338 e. The first-order chi connectivity index (χ1) is 11.3. The fourth-order valence-corrected chi connectivity index (χ4v) is 4.90. The minimum absolute atomic E-state index is 0.0925. The van der Waals surface area contributed by atoms with Gasteiger partial charge in [-0.25, -0.2) is 0 Å². The highest BCUT2D eigenvalue weighted by Crippen LogP contribution is 2.48. The fourth-order valence-electron chi connectivity index (χ4n) is 3.56. The van der Waals surface area contributed by atoms with Crippen molar-refractivity contribution in [3.05, 3.63) is 65.5 Å².